The summed E-state index contributed by atoms with van der Waals surface area (Å²) in [5.41, 5.74) is 4.59. The van der Waals surface area contributed by atoms with Crippen molar-refractivity contribution >= 4 is 0 Å². The number of rotatable bonds is 1. The van der Waals surface area contributed by atoms with E-state index in [1.807, 2.05) is 13.8 Å². The summed E-state index contributed by atoms with van der Waals surface area (Å²) in [6, 6.07) is 0.0486. The Morgan fingerprint density at radius 2 is 1.70 bits per heavy atom. The fraction of sp³-hybridized carbons (Fsp3) is 1.00. The molecule has 0 heterocycles. The average molecular weight is 145 g/mol. The summed E-state index contributed by atoms with van der Waals surface area (Å²) in [4.78, 5) is 0. The Hall–Kier alpha value is -0.110. The zero-order valence-corrected chi connectivity index (χ0v) is 7.11. The van der Waals surface area contributed by atoms with Gasteiger partial charge in [-0.2, -0.15) is 0 Å². The minimum absolute atomic E-state index is 0.0122. The van der Waals surface area contributed by atoms with Crippen molar-refractivity contribution in [2.75, 3.05) is 0 Å². The highest BCUT2D eigenvalue weighted by Gasteiger charge is 2.62. The summed E-state index contributed by atoms with van der Waals surface area (Å²) in [5.74, 6) is 0.0417. The predicted octanol–water partition coefficient (Wildman–Crippen LogP) is 1.72. The molecule has 0 bridgehead atoms. The van der Waals surface area contributed by atoms with Crippen molar-refractivity contribution in [1.29, 1.82) is 0 Å². The summed E-state index contributed by atoms with van der Waals surface area (Å²) in [7, 11) is 0. The van der Waals surface area contributed by atoms with Gasteiger partial charge in [0, 0.05) is 12.0 Å². The van der Waals surface area contributed by atoms with Crippen molar-refractivity contribution in [3.63, 3.8) is 0 Å². The number of hydrogen-bond donors (Lipinski definition) is 1. The van der Waals surface area contributed by atoms with Crippen LogP contribution in [0.3, 0.4) is 0 Å². The lowest BCUT2D eigenvalue weighted by Gasteiger charge is -2.14. The van der Waals surface area contributed by atoms with Gasteiger partial charge in [0.05, 0.1) is 0 Å². The van der Waals surface area contributed by atoms with Crippen LogP contribution >= 0.6 is 0 Å². The third-order valence-electron chi connectivity index (χ3n) is 2.65. The SMILES string of the molecule is CC(C)(F)C1C(N)C1(C)C. The highest BCUT2D eigenvalue weighted by atomic mass is 19.1. The number of halogens is 1. The molecule has 0 aromatic rings. The number of hydrogen-bond acceptors (Lipinski definition) is 1. The van der Waals surface area contributed by atoms with Crippen LogP contribution in [0.15, 0.2) is 0 Å². The van der Waals surface area contributed by atoms with Gasteiger partial charge in [-0.05, 0) is 19.3 Å². The van der Waals surface area contributed by atoms with E-state index < -0.39 is 5.67 Å². The van der Waals surface area contributed by atoms with E-state index in [4.69, 9.17) is 5.73 Å². The zero-order chi connectivity index (χ0) is 8.15. The van der Waals surface area contributed by atoms with Crippen LogP contribution in [-0.2, 0) is 0 Å². The highest BCUT2D eigenvalue weighted by Crippen LogP contribution is 2.56. The van der Waals surface area contributed by atoms with Crippen molar-refractivity contribution in [2.45, 2.75) is 39.4 Å². The molecule has 1 rings (SSSR count). The fourth-order valence-corrected chi connectivity index (χ4v) is 1.99. The summed E-state index contributed by atoms with van der Waals surface area (Å²) in [5, 5.41) is 0. The molecule has 1 saturated carbocycles. The molecule has 1 fully saturated rings. The summed E-state index contributed by atoms with van der Waals surface area (Å²) in [6.07, 6.45) is 0. The first kappa shape index (κ1) is 7.99. The van der Waals surface area contributed by atoms with Crippen LogP contribution in [0.1, 0.15) is 27.7 Å². The smallest absolute Gasteiger partial charge is 0.110 e. The monoisotopic (exact) mass is 145 g/mol. The lowest BCUT2D eigenvalue weighted by Crippen LogP contribution is -2.20. The molecule has 60 valence electrons. The van der Waals surface area contributed by atoms with Crippen molar-refractivity contribution in [1.82, 2.24) is 0 Å². The molecule has 0 aromatic heterocycles. The van der Waals surface area contributed by atoms with E-state index in [1.54, 1.807) is 13.8 Å². The van der Waals surface area contributed by atoms with Gasteiger partial charge in [0.2, 0.25) is 0 Å². The topological polar surface area (TPSA) is 26.0 Å². The van der Waals surface area contributed by atoms with Crippen molar-refractivity contribution in [3.8, 4) is 0 Å². The van der Waals surface area contributed by atoms with Gasteiger partial charge < -0.3 is 5.73 Å². The standard InChI is InChI=1S/C8H16FN/c1-7(2)5(6(7)10)8(3,4)9/h5-6H,10H2,1-4H3. The lowest BCUT2D eigenvalue weighted by molar-refractivity contribution is 0.161. The van der Waals surface area contributed by atoms with E-state index in [-0.39, 0.29) is 17.4 Å². The lowest BCUT2D eigenvalue weighted by atomic mass is 9.98. The summed E-state index contributed by atoms with van der Waals surface area (Å²) >= 11 is 0. The second kappa shape index (κ2) is 1.73. The Morgan fingerprint density at radius 3 is 1.70 bits per heavy atom. The molecule has 2 heteroatoms. The molecule has 0 aliphatic heterocycles. The molecule has 1 aliphatic carbocycles. The maximum Gasteiger partial charge on any atom is 0.110 e. The first-order chi connectivity index (χ1) is 4.28. The molecule has 0 amide bonds. The Morgan fingerprint density at radius 1 is 1.40 bits per heavy atom. The third kappa shape index (κ3) is 0.947. The zero-order valence-electron chi connectivity index (χ0n) is 7.11. The molecule has 2 atom stereocenters. The van der Waals surface area contributed by atoms with E-state index in [0.29, 0.717) is 0 Å². The van der Waals surface area contributed by atoms with Gasteiger partial charge in [-0.15, -0.1) is 0 Å². The maximum absolute atomic E-state index is 13.2. The molecular weight excluding hydrogens is 129 g/mol. The summed E-state index contributed by atoms with van der Waals surface area (Å²) in [6.45, 7) is 7.24. The van der Waals surface area contributed by atoms with Crippen LogP contribution in [0, 0.1) is 11.3 Å². The first-order valence-corrected chi connectivity index (χ1v) is 3.72. The molecule has 2 N–H and O–H groups in total. The van der Waals surface area contributed by atoms with Crippen LogP contribution in [-0.4, -0.2) is 11.7 Å². The van der Waals surface area contributed by atoms with Gasteiger partial charge in [0.25, 0.3) is 0 Å². The predicted molar refractivity (Wildman–Crippen MR) is 40.4 cm³/mol. The van der Waals surface area contributed by atoms with Crippen LogP contribution in [0.4, 0.5) is 4.39 Å². The van der Waals surface area contributed by atoms with Gasteiger partial charge in [0.1, 0.15) is 5.67 Å². The van der Waals surface area contributed by atoms with E-state index in [2.05, 4.69) is 0 Å². The van der Waals surface area contributed by atoms with E-state index in [1.165, 1.54) is 0 Å². The van der Waals surface area contributed by atoms with Crippen molar-refractivity contribution < 1.29 is 4.39 Å². The summed E-state index contributed by atoms with van der Waals surface area (Å²) < 4.78 is 13.2. The van der Waals surface area contributed by atoms with E-state index in [9.17, 15) is 4.39 Å². The van der Waals surface area contributed by atoms with Gasteiger partial charge in [-0.3, -0.25) is 0 Å². The van der Waals surface area contributed by atoms with Gasteiger partial charge in [-0.1, -0.05) is 13.8 Å². The largest absolute Gasteiger partial charge is 0.327 e. The van der Waals surface area contributed by atoms with Gasteiger partial charge >= 0.3 is 0 Å². The van der Waals surface area contributed by atoms with Gasteiger partial charge in [0.15, 0.2) is 0 Å². The third-order valence-corrected chi connectivity index (χ3v) is 2.65. The second-order valence-electron chi connectivity index (χ2n) is 4.39. The normalized spacial score (nSPS) is 37.8. The minimum Gasteiger partial charge on any atom is -0.327 e. The van der Waals surface area contributed by atoms with Crippen LogP contribution in [0.2, 0.25) is 0 Å². The molecular formula is C8H16FN. The van der Waals surface area contributed by atoms with E-state index >= 15 is 0 Å². The Bertz CT molecular complexity index is 136. The molecule has 2 unspecified atom stereocenters. The minimum atomic E-state index is -1.11. The Kier molecular flexibility index (Phi) is 1.38. The molecule has 1 aliphatic rings. The van der Waals surface area contributed by atoms with Crippen LogP contribution < -0.4 is 5.73 Å². The molecule has 0 aromatic carbocycles. The first-order valence-electron chi connectivity index (χ1n) is 3.72. The number of alkyl halides is 1. The number of nitrogens with two attached hydrogens (primary N) is 1. The Labute approximate surface area is 61.8 Å². The maximum atomic E-state index is 13.2. The quantitative estimate of drug-likeness (QED) is 0.597. The molecule has 10 heavy (non-hydrogen) atoms. The molecule has 0 radical (unpaired) electrons. The van der Waals surface area contributed by atoms with Crippen LogP contribution in [0.25, 0.3) is 0 Å². The fourth-order valence-electron chi connectivity index (χ4n) is 1.99. The highest BCUT2D eigenvalue weighted by molar-refractivity contribution is 5.14. The van der Waals surface area contributed by atoms with Crippen molar-refractivity contribution in [2.24, 2.45) is 17.1 Å². The molecule has 0 spiro atoms. The second-order valence-corrected chi connectivity index (χ2v) is 4.39. The average Bonchev–Trinajstić information content (AvgIpc) is 2.03. The van der Waals surface area contributed by atoms with Gasteiger partial charge in [-0.25, -0.2) is 4.39 Å². The van der Waals surface area contributed by atoms with Crippen molar-refractivity contribution in [3.05, 3.63) is 0 Å². The molecule has 1 nitrogen and oxygen atoms in total. The molecule has 0 saturated heterocycles. The van der Waals surface area contributed by atoms with Crippen LogP contribution in [0.5, 0.6) is 0 Å². The Balaban J connectivity index is 2.66. The van der Waals surface area contributed by atoms with E-state index in [0.717, 1.165) is 0 Å².